The van der Waals surface area contributed by atoms with Gasteiger partial charge in [-0.3, -0.25) is 0 Å². The van der Waals surface area contributed by atoms with Crippen molar-refractivity contribution >= 4 is 17.3 Å². The molecular formula is C15H14N2O3. The maximum Gasteiger partial charge on any atom is 0.335 e. The molecule has 2 aromatic carbocycles. The average Bonchev–Trinajstić information content (AvgIpc) is 2.41. The second-order valence-electron chi connectivity index (χ2n) is 4.48. The van der Waals surface area contributed by atoms with Crippen molar-refractivity contribution in [1.82, 2.24) is 0 Å². The molecule has 0 radical (unpaired) electrons. The number of aromatic hydroxyl groups is 1. The van der Waals surface area contributed by atoms with Crippen molar-refractivity contribution in [2.24, 2.45) is 10.2 Å². The summed E-state index contributed by atoms with van der Waals surface area (Å²) < 4.78 is 0. The van der Waals surface area contributed by atoms with Gasteiger partial charge >= 0.3 is 5.97 Å². The molecule has 0 saturated heterocycles. The molecule has 2 N–H and O–H groups in total. The van der Waals surface area contributed by atoms with Crippen molar-refractivity contribution < 1.29 is 15.0 Å². The first-order valence-corrected chi connectivity index (χ1v) is 6.02. The van der Waals surface area contributed by atoms with Gasteiger partial charge in [0.25, 0.3) is 0 Å². The lowest BCUT2D eigenvalue weighted by atomic mass is 10.1. The molecule has 0 bridgehead atoms. The third kappa shape index (κ3) is 3.00. The first-order valence-electron chi connectivity index (χ1n) is 6.02. The van der Waals surface area contributed by atoms with Crippen LogP contribution in [0.4, 0.5) is 11.4 Å². The van der Waals surface area contributed by atoms with E-state index in [0.717, 1.165) is 11.1 Å². The lowest BCUT2D eigenvalue weighted by Gasteiger charge is -2.03. The van der Waals surface area contributed by atoms with Crippen molar-refractivity contribution in [2.45, 2.75) is 13.8 Å². The summed E-state index contributed by atoms with van der Waals surface area (Å²) in [5.74, 6) is -0.970. The zero-order valence-corrected chi connectivity index (χ0v) is 11.2. The summed E-state index contributed by atoms with van der Waals surface area (Å²) in [5, 5.41) is 26.6. The highest BCUT2D eigenvalue weighted by atomic mass is 16.4. The van der Waals surface area contributed by atoms with E-state index in [9.17, 15) is 9.90 Å². The Bertz CT molecular complexity index is 694. The van der Waals surface area contributed by atoms with Crippen LogP contribution in [0, 0.1) is 13.8 Å². The molecule has 5 nitrogen and oxygen atoms in total. The number of rotatable bonds is 3. The molecule has 0 fully saturated rings. The highest BCUT2D eigenvalue weighted by Gasteiger charge is 2.05. The molecule has 5 heteroatoms. The van der Waals surface area contributed by atoms with Crippen LogP contribution in [0.5, 0.6) is 5.75 Å². The van der Waals surface area contributed by atoms with Gasteiger partial charge in [-0.05, 0) is 55.3 Å². The summed E-state index contributed by atoms with van der Waals surface area (Å²) in [7, 11) is 0. The zero-order valence-electron chi connectivity index (χ0n) is 11.2. The van der Waals surface area contributed by atoms with E-state index in [1.54, 1.807) is 24.3 Å². The van der Waals surface area contributed by atoms with Crippen LogP contribution in [0.3, 0.4) is 0 Å². The minimum absolute atomic E-state index is 0.0474. The second-order valence-corrected chi connectivity index (χ2v) is 4.48. The van der Waals surface area contributed by atoms with Gasteiger partial charge in [0.1, 0.15) is 11.4 Å². The predicted molar refractivity (Wildman–Crippen MR) is 75.2 cm³/mol. The number of aryl methyl sites for hydroxylation is 2. The Labute approximate surface area is 116 Å². The van der Waals surface area contributed by atoms with Gasteiger partial charge < -0.3 is 10.2 Å². The SMILES string of the molecule is Cc1cc(O)c(N=Nc2cccc(C(=O)O)c2)cc1C. The van der Waals surface area contributed by atoms with Crippen molar-refractivity contribution in [2.75, 3.05) is 0 Å². The number of azo groups is 1. The molecule has 102 valence electrons. The fourth-order valence-corrected chi connectivity index (χ4v) is 1.68. The summed E-state index contributed by atoms with van der Waals surface area (Å²) >= 11 is 0. The quantitative estimate of drug-likeness (QED) is 0.823. The van der Waals surface area contributed by atoms with Gasteiger partial charge in [-0.1, -0.05) is 6.07 Å². The normalized spacial score (nSPS) is 10.9. The third-order valence-corrected chi connectivity index (χ3v) is 2.96. The van der Waals surface area contributed by atoms with E-state index in [1.165, 1.54) is 12.1 Å². The van der Waals surface area contributed by atoms with Gasteiger partial charge in [-0.25, -0.2) is 4.79 Å². The number of nitrogens with zero attached hydrogens (tertiary/aromatic N) is 2. The minimum Gasteiger partial charge on any atom is -0.506 e. The Morgan fingerprint density at radius 3 is 2.45 bits per heavy atom. The van der Waals surface area contributed by atoms with Crippen LogP contribution in [0.2, 0.25) is 0 Å². The maximum absolute atomic E-state index is 10.9. The molecule has 0 heterocycles. The molecule has 0 aliphatic heterocycles. The Kier molecular flexibility index (Phi) is 3.79. The first kappa shape index (κ1) is 13.7. The highest BCUT2D eigenvalue weighted by Crippen LogP contribution is 2.31. The van der Waals surface area contributed by atoms with Crippen molar-refractivity contribution in [1.29, 1.82) is 0 Å². The second kappa shape index (κ2) is 5.52. The lowest BCUT2D eigenvalue weighted by Crippen LogP contribution is -1.94. The van der Waals surface area contributed by atoms with Crippen LogP contribution in [0.1, 0.15) is 21.5 Å². The molecule has 0 unspecified atom stereocenters. The minimum atomic E-state index is -1.02. The van der Waals surface area contributed by atoms with E-state index in [1.807, 2.05) is 13.8 Å². The number of hydrogen-bond donors (Lipinski definition) is 2. The number of carboxylic acid groups (broad SMARTS) is 1. The van der Waals surface area contributed by atoms with Gasteiger partial charge in [0.2, 0.25) is 0 Å². The first-order chi connectivity index (χ1) is 9.47. The maximum atomic E-state index is 10.9. The number of benzene rings is 2. The number of phenolic OH excluding ortho intramolecular Hbond substituents is 1. The Hall–Kier alpha value is -2.69. The Balaban J connectivity index is 2.32. The Morgan fingerprint density at radius 2 is 1.75 bits per heavy atom. The van der Waals surface area contributed by atoms with Gasteiger partial charge in [-0.2, -0.15) is 5.11 Å². The van der Waals surface area contributed by atoms with Crippen LogP contribution in [-0.2, 0) is 0 Å². The number of carbonyl (C=O) groups is 1. The molecule has 2 aromatic rings. The third-order valence-electron chi connectivity index (χ3n) is 2.96. The Morgan fingerprint density at radius 1 is 1.05 bits per heavy atom. The van der Waals surface area contributed by atoms with Crippen LogP contribution in [0.25, 0.3) is 0 Å². The summed E-state index contributed by atoms with van der Waals surface area (Å²) in [4.78, 5) is 10.9. The fourth-order valence-electron chi connectivity index (χ4n) is 1.68. The number of hydrogen-bond acceptors (Lipinski definition) is 4. The summed E-state index contributed by atoms with van der Waals surface area (Å²) in [6.07, 6.45) is 0. The smallest absolute Gasteiger partial charge is 0.335 e. The van der Waals surface area contributed by atoms with E-state index >= 15 is 0 Å². The van der Waals surface area contributed by atoms with E-state index < -0.39 is 5.97 Å². The molecule has 0 aromatic heterocycles. The van der Waals surface area contributed by atoms with Crippen LogP contribution in [-0.4, -0.2) is 16.2 Å². The van der Waals surface area contributed by atoms with E-state index in [0.29, 0.717) is 11.4 Å². The summed E-state index contributed by atoms with van der Waals surface area (Å²) in [5.41, 5.74) is 2.88. The summed E-state index contributed by atoms with van der Waals surface area (Å²) in [6.45, 7) is 3.81. The highest BCUT2D eigenvalue weighted by molar-refractivity contribution is 5.88. The van der Waals surface area contributed by atoms with Gasteiger partial charge in [0.15, 0.2) is 0 Å². The molecule has 0 amide bonds. The number of phenols is 1. The molecule has 2 rings (SSSR count). The standard InChI is InChI=1S/C15H14N2O3/c1-9-6-13(14(18)7-10(9)2)17-16-12-5-3-4-11(8-12)15(19)20/h3-8,18H,1-2H3,(H,19,20). The zero-order chi connectivity index (χ0) is 14.7. The van der Waals surface area contributed by atoms with E-state index in [4.69, 9.17) is 5.11 Å². The lowest BCUT2D eigenvalue weighted by molar-refractivity contribution is 0.0697. The largest absolute Gasteiger partial charge is 0.506 e. The van der Waals surface area contributed by atoms with E-state index in [2.05, 4.69) is 10.2 Å². The molecule has 0 atom stereocenters. The molecule has 0 saturated carbocycles. The van der Waals surface area contributed by atoms with Crippen LogP contribution >= 0.6 is 0 Å². The topological polar surface area (TPSA) is 82.2 Å². The molecule has 20 heavy (non-hydrogen) atoms. The van der Waals surface area contributed by atoms with Gasteiger partial charge in [0, 0.05) is 0 Å². The van der Waals surface area contributed by atoms with Crippen molar-refractivity contribution in [3.05, 3.63) is 53.1 Å². The molecule has 0 spiro atoms. The van der Waals surface area contributed by atoms with Gasteiger partial charge in [0.05, 0.1) is 11.3 Å². The number of aromatic carboxylic acids is 1. The van der Waals surface area contributed by atoms with Crippen molar-refractivity contribution in [3.63, 3.8) is 0 Å². The monoisotopic (exact) mass is 270 g/mol. The molecular weight excluding hydrogens is 256 g/mol. The summed E-state index contributed by atoms with van der Waals surface area (Å²) in [6, 6.07) is 9.50. The fraction of sp³-hybridized carbons (Fsp3) is 0.133. The van der Waals surface area contributed by atoms with Crippen LogP contribution in [0.15, 0.2) is 46.6 Å². The average molecular weight is 270 g/mol. The van der Waals surface area contributed by atoms with Crippen molar-refractivity contribution in [3.8, 4) is 5.75 Å². The van der Waals surface area contributed by atoms with E-state index in [-0.39, 0.29) is 11.3 Å². The number of carboxylic acids is 1. The van der Waals surface area contributed by atoms with Crippen LogP contribution < -0.4 is 0 Å². The predicted octanol–water partition coefficient (Wildman–Crippen LogP) is 4.12. The van der Waals surface area contributed by atoms with Gasteiger partial charge in [-0.15, -0.1) is 5.11 Å². The molecule has 0 aliphatic rings. The molecule has 0 aliphatic carbocycles.